The van der Waals surface area contributed by atoms with Gasteiger partial charge in [-0.05, 0) is 30.7 Å². The summed E-state index contributed by atoms with van der Waals surface area (Å²) in [5.74, 6) is -0.580. The van der Waals surface area contributed by atoms with Crippen LogP contribution in [0.2, 0.25) is 0 Å². The third kappa shape index (κ3) is 3.30. The Balaban J connectivity index is 2.06. The maximum absolute atomic E-state index is 13.6. The molecule has 0 fully saturated rings. The standard InChI is InChI=1S/C15H16F2N2O/c1-10(15-12(16)4-3-5-13(15)17)19-9-11-6-7-18-14(8-11)20-2/h3-8,10,19H,9H2,1-2H3. The average Bonchev–Trinajstić information content (AvgIpc) is 2.45. The van der Waals surface area contributed by atoms with Crippen molar-refractivity contribution in [2.24, 2.45) is 0 Å². The van der Waals surface area contributed by atoms with Crippen molar-refractivity contribution < 1.29 is 13.5 Å². The number of nitrogens with zero attached hydrogens (tertiary/aromatic N) is 1. The minimum atomic E-state index is -0.544. The summed E-state index contributed by atoms with van der Waals surface area (Å²) in [6.45, 7) is 2.19. The second kappa shape index (κ2) is 6.43. The lowest BCUT2D eigenvalue weighted by Gasteiger charge is -2.16. The molecule has 0 radical (unpaired) electrons. The van der Waals surface area contributed by atoms with E-state index in [1.165, 1.54) is 25.3 Å². The first-order valence-corrected chi connectivity index (χ1v) is 6.28. The van der Waals surface area contributed by atoms with E-state index in [1.807, 2.05) is 6.07 Å². The Kier molecular flexibility index (Phi) is 4.63. The van der Waals surface area contributed by atoms with E-state index in [2.05, 4.69) is 10.3 Å². The van der Waals surface area contributed by atoms with Gasteiger partial charge in [-0.2, -0.15) is 0 Å². The van der Waals surface area contributed by atoms with E-state index in [1.54, 1.807) is 19.2 Å². The SMILES string of the molecule is COc1cc(CNC(C)c2c(F)cccc2F)ccn1. The normalized spacial score (nSPS) is 12.2. The van der Waals surface area contributed by atoms with Gasteiger partial charge in [0.25, 0.3) is 0 Å². The first-order valence-electron chi connectivity index (χ1n) is 6.28. The highest BCUT2D eigenvalue weighted by molar-refractivity contribution is 5.24. The monoisotopic (exact) mass is 278 g/mol. The summed E-state index contributed by atoms with van der Waals surface area (Å²) in [5, 5.41) is 3.08. The number of rotatable bonds is 5. The van der Waals surface area contributed by atoms with Gasteiger partial charge in [0.15, 0.2) is 0 Å². The Morgan fingerprint density at radius 2 is 1.95 bits per heavy atom. The van der Waals surface area contributed by atoms with Gasteiger partial charge in [-0.1, -0.05) is 6.07 Å². The van der Waals surface area contributed by atoms with Crippen LogP contribution in [-0.4, -0.2) is 12.1 Å². The third-order valence-corrected chi connectivity index (χ3v) is 3.05. The topological polar surface area (TPSA) is 34.1 Å². The van der Waals surface area contributed by atoms with E-state index in [4.69, 9.17) is 4.74 Å². The van der Waals surface area contributed by atoms with Crippen LogP contribution in [-0.2, 0) is 6.54 Å². The number of methoxy groups -OCH3 is 1. The molecule has 0 aliphatic rings. The fourth-order valence-electron chi connectivity index (χ4n) is 1.97. The molecular weight excluding hydrogens is 262 g/mol. The summed E-state index contributed by atoms with van der Waals surface area (Å²) in [7, 11) is 1.54. The van der Waals surface area contributed by atoms with Gasteiger partial charge in [-0.15, -0.1) is 0 Å². The number of hydrogen-bond donors (Lipinski definition) is 1. The quantitative estimate of drug-likeness (QED) is 0.912. The zero-order valence-electron chi connectivity index (χ0n) is 11.4. The van der Waals surface area contributed by atoms with Crippen LogP contribution in [0.3, 0.4) is 0 Å². The summed E-state index contributed by atoms with van der Waals surface area (Å²) in [5.41, 5.74) is 0.981. The van der Waals surface area contributed by atoms with Gasteiger partial charge < -0.3 is 10.1 Å². The van der Waals surface area contributed by atoms with E-state index in [-0.39, 0.29) is 5.56 Å². The lowest BCUT2D eigenvalue weighted by atomic mass is 10.1. The zero-order valence-corrected chi connectivity index (χ0v) is 11.4. The van der Waals surface area contributed by atoms with Crippen molar-refractivity contribution in [3.63, 3.8) is 0 Å². The van der Waals surface area contributed by atoms with Gasteiger partial charge in [0.05, 0.1) is 7.11 Å². The average molecular weight is 278 g/mol. The molecule has 2 aromatic rings. The van der Waals surface area contributed by atoms with Crippen molar-refractivity contribution >= 4 is 0 Å². The number of pyridine rings is 1. The Morgan fingerprint density at radius 1 is 1.25 bits per heavy atom. The summed E-state index contributed by atoms with van der Waals surface area (Å²) < 4.78 is 32.3. The third-order valence-electron chi connectivity index (χ3n) is 3.05. The molecule has 0 aliphatic heterocycles. The smallest absolute Gasteiger partial charge is 0.213 e. The highest BCUT2D eigenvalue weighted by atomic mass is 19.1. The molecule has 1 N–H and O–H groups in total. The van der Waals surface area contributed by atoms with Crippen molar-refractivity contribution in [2.45, 2.75) is 19.5 Å². The van der Waals surface area contributed by atoms with Gasteiger partial charge in [-0.25, -0.2) is 13.8 Å². The number of benzene rings is 1. The van der Waals surface area contributed by atoms with Gasteiger partial charge in [0.1, 0.15) is 11.6 Å². The lowest BCUT2D eigenvalue weighted by Crippen LogP contribution is -2.20. The van der Waals surface area contributed by atoms with Gasteiger partial charge in [0, 0.05) is 30.4 Å². The van der Waals surface area contributed by atoms with Crippen molar-refractivity contribution in [1.29, 1.82) is 0 Å². The molecule has 5 heteroatoms. The van der Waals surface area contributed by atoms with E-state index in [0.717, 1.165) is 5.56 Å². The van der Waals surface area contributed by atoms with Crippen LogP contribution in [0.5, 0.6) is 5.88 Å². The maximum atomic E-state index is 13.6. The molecule has 106 valence electrons. The highest BCUT2D eigenvalue weighted by Crippen LogP contribution is 2.20. The number of halogens is 2. The van der Waals surface area contributed by atoms with Crippen molar-refractivity contribution in [3.8, 4) is 5.88 Å². The largest absolute Gasteiger partial charge is 0.481 e. The van der Waals surface area contributed by atoms with E-state index in [0.29, 0.717) is 12.4 Å². The molecular formula is C15H16F2N2O. The number of nitrogens with one attached hydrogen (secondary N) is 1. The summed E-state index contributed by atoms with van der Waals surface area (Å²) in [4.78, 5) is 4.00. The molecule has 0 saturated heterocycles. The minimum Gasteiger partial charge on any atom is -0.481 e. The summed E-state index contributed by atoms with van der Waals surface area (Å²) in [6.07, 6.45) is 1.63. The van der Waals surface area contributed by atoms with Crippen LogP contribution >= 0.6 is 0 Å². The maximum Gasteiger partial charge on any atom is 0.213 e. The molecule has 20 heavy (non-hydrogen) atoms. The van der Waals surface area contributed by atoms with Crippen LogP contribution in [0.15, 0.2) is 36.5 Å². The Hall–Kier alpha value is -2.01. The predicted octanol–water partition coefficient (Wildman–Crippen LogP) is 3.22. The van der Waals surface area contributed by atoms with Crippen molar-refractivity contribution in [3.05, 3.63) is 59.3 Å². The molecule has 0 amide bonds. The van der Waals surface area contributed by atoms with Crippen LogP contribution in [0.25, 0.3) is 0 Å². The van der Waals surface area contributed by atoms with Crippen molar-refractivity contribution in [2.75, 3.05) is 7.11 Å². The molecule has 2 rings (SSSR count). The molecule has 1 aromatic heterocycles. The molecule has 1 heterocycles. The summed E-state index contributed by atoms with van der Waals surface area (Å²) >= 11 is 0. The van der Waals surface area contributed by atoms with E-state index < -0.39 is 17.7 Å². The molecule has 1 aromatic carbocycles. The van der Waals surface area contributed by atoms with Gasteiger partial charge >= 0.3 is 0 Å². The first kappa shape index (κ1) is 14.4. The van der Waals surface area contributed by atoms with E-state index in [9.17, 15) is 8.78 Å². The molecule has 0 aliphatic carbocycles. The zero-order chi connectivity index (χ0) is 14.5. The first-order chi connectivity index (χ1) is 9.61. The summed E-state index contributed by atoms with van der Waals surface area (Å²) in [6, 6.07) is 7.03. The van der Waals surface area contributed by atoms with Gasteiger partial charge in [-0.3, -0.25) is 0 Å². The molecule has 1 atom stereocenters. The Bertz CT molecular complexity index is 570. The molecule has 0 saturated carbocycles. The second-order valence-electron chi connectivity index (χ2n) is 4.44. The number of hydrogen-bond acceptors (Lipinski definition) is 3. The Labute approximate surface area is 116 Å². The van der Waals surface area contributed by atoms with E-state index >= 15 is 0 Å². The number of aromatic nitrogens is 1. The highest BCUT2D eigenvalue weighted by Gasteiger charge is 2.15. The fourth-order valence-corrected chi connectivity index (χ4v) is 1.97. The molecule has 0 spiro atoms. The fraction of sp³-hybridized carbons (Fsp3) is 0.267. The molecule has 1 unspecified atom stereocenters. The number of ether oxygens (including phenoxy) is 1. The van der Waals surface area contributed by atoms with Gasteiger partial charge in [0.2, 0.25) is 5.88 Å². The lowest BCUT2D eigenvalue weighted by molar-refractivity contribution is 0.396. The van der Waals surface area contributed by atoms with Crippen molar-refractivity contribution in [1.82, 2.24) is 10.3 Å². The minimum absolute atomic E-state index is 0.0496. The van der Waals surface area contributed by atoms with Crippen LogP contribution in [0.4, 0.5) is 8.78 Å². The van der Waals surface area contributed by atoms with Crippen LogP contribution in [0, 0.1) is 11.6 Å². The van der Waals surface area contributed by atoms with Crippen LogP contribution in [0.1, 0.15) is 24.1 Å². The second-order valence-corrected chi connectivity index (χ2v) is 4.44. The Morgan fingerprint density at radius 3 is 2.60 bits per heavy atom. The molecule has 0 bridgehead atoms. The van der Waals surface area contributed by atoms with Crippen LogP contribution < -0.4 is 10.1 Å². The predicted molar refractivity (Wildman–Crippen MR) is 72.4 cm³/mol. The molecule has 3 nitrogen and oxygen atoms in total.